The lowest BCUT2D eigenvalue weighted by Gasteiger charge is -2.20. The molecule has 2 aromatic rings. The molecule has 5 heteroatoms. The van der Waals surface area contributed by atoms with Gasteiger partial charge in [-0.05, 0) is 44.9 Å². The van der Waals surface area contributed by atoms with E-state index in [9.17, 15) is 9.59 Å². The summed E-state index contributed by atoms with van der Waals surface area (Å²) in [7, 11) is 1.81. The third-order valence-electron chi connectivity index (χ3n) is 5.08. The summed E-state index contributed by atoms with van der Waals surface area (Å²) in [5.74, 6) is 0.887. The Hall–Kier alpha value is -1.75. The third-order valence-corrected chi connectivity index (χ3v) is 6.22. The summed E-state index contributed by atoms with van der Waals surface area (Å²) >= 11 is 1.75. The molecule has 0 bridgehead atoms. The fraction of sp³-hybridized carbons (Fsp3) is 0.545. The first-order chi connectivity index (χ1) is 12.9. The highest BCUT2D eigenvalue weighted by atomic mass is 32.2. The van der Waals surface area contributed by atoms with Crippen LogP contribution in [-0.2, 0) is 16.6 Å². The zero-order valence-electron chi connectivity index (χ0n) is 16.9. The lowest BCUT2D eigenvalue weighted by molar-refractivity contribution is -0.154. The first kappa shape index (κ1) is 21.5. The standard InChI is InChI=1S/C22H31NO3S/c1-5-22(2,3)21(25)26-14-10-6-7-11-15-27-19-16-20(24)23(4)18-13-9-8-12-17(18)19/h8-9,12-13,16H,5-7,10-11,14-15H2,1-4H3. The molecule has 0 radical (unpaired) electrons. The van der Waals surface area contributed by atoms with E-state index in [1.54, 1.807) is 22.4 Å². The average Bonchev–Trinajstić information content (AvgIpc) is 2.67. The number of carbonyl (C=O) groups excluding carboxylic acids is 1. The zero-order chi connectivity index (χ0) is 19.9. The molecule has 2 rings (SSSR count). The molecule has 27 heavy (non-hydrogen) atoms. The molecule has 148 valence electrons. The first-order valence-corrected chi connectivity index (χ1v) is 10.7. The maximum Gasteiger partial charge on any atom is 0.311 e. The number of pyridine rings is 1. The number of aromatic nitrogens is 1. The van der Waals surface area contributed by atoms with E-state index in [1.807, 2.05) is 46.0 Å². The van der Waals surface area contributed by atoms with E-state index in [1.165, 1.54) is 0 Å². The third kappa shape index (κ3) is 5.86. The molecular weight excluding hydrogens is 358 g/mol. The number of fused-ring (bicyclic) bond motifs is 1. The Morgan fingerprint density at radius 2 is 1.85 bits per heavy atom. The van der Waals surface area contributed by atoms with Crippen LogP contribution in [0.4, 0.5) is 0 Å². The lowest BCUT2D eigenvalue weighted by atomic mass is 9.91. The quantitative estimate of drug-likeness (QED) is 0.319. The number of benzene rings is 1. The maximum absolute atomic E-state index is 12.1. The largest absolute Gasteiger partial charge is 0.465 e. The average molecular weight is 390 g/mol. The van der Waals surface area contributed by atoms with Gasteiger partial charge in [0.15, 0.2) is 0 Å². The Bertz CT molecular complexity index is 826. The van der Waals surface area contributed by atoms with Gasteiger partial charge in [0.25, 0.3) is 5.56 Å². The van der Waals surface area contributed by atoms with Crippen LogP contribution in [0, 0.1) is 5.41 Å². The number of hydrogen-bond donors (Lipinski definition) is 0. The maximum atomic E-state index is 12.1. The summed E-state index contributed by atoms with van der Waals surface area (Å²) in [5.41, 5.74) is 0.629. The predicted molar refractivity (Wildman–Crippen MR) is 113 cm³/mol. The molecule has 0 aliphatic carbocycles. The number of hydrogen-bond acceptors (Lipinski definition) is 4. The van der Waals surface area contributed by atoms with Gasteiger partial charge in [0.2, 0.25) is 0 Å². The van der Waals surface area contributed by atoms with Gasteiger partial charge in [-0.3, -0.25) is 9.59 Å². The summed E-state index contributed by atoms with van der Waals surface area (Å²) in [4.78, 5) is 25.1. The number of thioether (sulfide) groups is 1. The molecule has 4 nitrogen and oxygen atoms in total. The highest BCUT2D eigenvalue weighted by molar-refractivity contribution is 7.99. The van der Waals surface area contributed by atoms with Crippen LogP contribution in [0.3, 0.4) is 0 Å². The van der Waals surface area contributed by atoms with Crippen molar-refractivity contribution >= 4 is 28.6 Å². The van der Waals surface area contributed by atoms with E-state index in [4.69, 9.17) is 4.74 Å². The van der Waals surface area contributed by atoms with E-state index in [0.717, 1.165) is 53.7 Å². The van der Waals surface area contributed by atoms with Crippen LogP contribution in [0.25, 0.3) is 10.9 Å². The van der Waals surface area contributed by atoms with Gasteiger partial charge in [-0.15, -0.1) is 11.8 Å². The Morgan fingerprint density at radius 1 is 1.15 bits per heavy atom. The molecule has 0 saturated carbocycles. The number of unbranched alkanes of at least 4 members (excludes halogenated alkanes) is 3. The van der Waals surface area contributed by atoms with Crippen LogP contribution in [0.2, 0.25) is 0 Å². The molecular formula is C22H31NO3S. The molecule has 1 heterocycles. The molecule has 0 amide bonds. The molecule has 1 aromatic carbocycles. The summed E-state index contributed by atoms with van der Waals surface area (Å²) in [6.45, 7) is 6.36. The van der Waals surface area contributed by atoms with Crippen LogP contribution >= 0.6 is 11.8 Å². The van der Waals surface area contributed by atoms with E-state index in [0.29, 0.717) is 6.61 Å². The number of para-hydroxylation sites is 1. The van der Waals surface area contributed by atoms with Gasteiger partial charge in [-0.2, -0.15) is 0 Å². The number of nitrogens with zero attached hydrogens (tertiary/aromatic N) is 1. The molecule has 0 spiro atoms. The number of esters is 1. The minimum absolute atomic E-state index is 0.0352. The minimum atomic E-state index is -0.383. The van der Waals surface area contributed by atoms with Gasteiger partial charge in [0.1, 0.15) is 0 Å². The van der Waals surface area contributed by atoms with E-state index in [-0.39, 0.29) is 16.9 Å². The molecule has 0 unspecified atom stereocenters. The van der Waals surface area contributed by atoms with E-state index >= 15 is 0 Å². The SMILES string of the molecule is CCC(C)(C)C(=O)OCCCCCCSc1cc(=O)n(C)c2ccccc12. The fourth-order valence-electron chi connectivity index (χ4n) is 2.74. The normalized spacial score (nSPS) is 11.7. The molecule has 0 saturated heterocycles. The highest BCUT2D eigenvalue weighted by Gasteiger charge is 2.26. The van der Waals surface area contributed by atoms with Gasteiger partial charge in [0.05, 0.1) is 17.5 Å². The van der Waals surface area contributed by atoms with Crippen LogP contribution in [-0.4, -0.2) is 22.9 Å². The topological polar surface area (TPSA) is 48.3 Å². The van der Waals surface area contributed by atoms with Crippen molar-refractivity contribution in [3.8, 4) is 0 Å². The Kier molecular flexibility index (Phi) is 7.96. The fourth-order valence-corrected chi connectivity index (χ4v) is 3.82. The van der Waals surface area contributed by atoms with Crippen molar-refractivity contribution in [1.29, 1.82) is 0 Å². The van der Waals surface area contributed by atoms with Gasteiger partial charge in [-0.25, -0.2) is 0 Å². The Morgan fingerprint density at radius 3 is 2.59 bits per heavy atom. The molecule has 0 N–H and O–H groups in total. The molecule has 0 fully saturated rings. The van der Waals surface area contributed by atoms with Crippen LogP contribution in [0.15, 0.2) is 40.0 Å². The Balaban J connectivity index is 1.71. The van der Waals surface area contributed by atoms with Crippen LogP contribution in [0.5, 0.6) is 0 Å². The minimum Gasteiger partial charge on any atom is -0.465 e. The van der Waals surface area contributed by atoms with Gasteiger partial charge < -0.3 is 9.30 Å². The van der Waals surface area contributed by atoms with Crippen molar-refractivity contribution in [3.63, 3.8) is 0 Å². The molecule has 1 aromatic heterocycles. The van der Waals surface area contributed by atoms with E-state index in [2.05, 4.69) is 6.07 Å². The monoisotopic (exact) mass is 389 g/mol. The highest BCUT2D eigenvalue weighted by Crippen LogP contribution is 2.27. The molecule has 0 atom stereocenters. The van der Waals surface area contributed by atoms with Crippen molar-refractivity contribution in [1.82, 2.24) is 4.57 Å². The molecule has 0 aliphatic rings. The second-order valence-corrected chi connectivity index (χ2v) is 8.70. The second kappa shape index (κ2) is 9.98. The van der Waals surface area contributed by atoms with Crippen molar-refractivity contribution in [2.24, 2.45) is 12.5 Å². The number of carbonyl (C=O) groups is 1. The number of aryl methyl sites for hydroxylation is 1. The number of ether oxygens (including phenoxy) is 1. The van der Waals surface area contributed by atoms with Gasteiger partial charge in [0, 0.05) is 23.4 Å². The Labute approximate surface area is 166 Å². The van der Waals surface area contributed by atoms with Crippen LogP contribution < -0.4 is 5.56 Å². The summed E-state index contributed by atoms with van der Waals surface area (Å²) < 4.78 is 7.06. The smallest absolute Gasteiger partial charge is 0.311 e. The summed E-state index contributed by atoms with van der Waals surface area (Å²) in [6.07, 6.45) is 4.94. The van der Waals surface area contributed by atoms with Crippen molar-refractivity contribution in [3.05, 3.63) is 40.7 Å². The zero-order valence-corrected chi connectivity index (χ0v) is 17.7. The first-order valence-electron chi connectivity index (χ1n) is 9.75. The number of rotatable bonds is 10. The van der Waals surface area contributed by atoms with E-state index < -0.39 is 0 Å². The van der Waals surface area contributed by atoms with Crippen molar-refractivity contribution in [2.45, 2.75) is 57.8 Å². The summed E-state index contributed by atoms with van der Waals surface area (Å²) in [5, 5.41) is 1.13. The van der Waals surface area contributed by atoms with Crippen LogP contribution in [0.1, 0.15) is 52.9 Å². The second-order valence-electron chi connectivity index (χ2n) is 7.56. The molecule has 0 aliphatic heterocycles. The predicted octanol–water partition coefficient (Wildman–Crippen LogP) is 5.17. The van der Waals surface area contributed by atoms with Gasteiger partial charge >= 0.3 is 5.97 Å². The van der Waals surface area contributed by atoms with Crippen molar-refractivity contribution < 1.29 is 9.53 Å². The van der Waals surface area contributed by atoms with Gasteiger partial charge in [-0.1, -0.05) is 38.0 Å². The van der Waals surface area contributed by atoms with Crippen molar-refractivity contribution in [2.75, 3.05) is 12.4 Å². The summed E-state index contributed by atoms with van der Waals surface area (Å²) in [6, 6.07) is 9.77. The lowest BCUT2D eigenvalue weighted by Crippen LogP contribution is -2.26.